The van der Waals surface area contributed by atoms with Crippen LogP contribution < -0.4 is 9.80 Å². The number of imide groups is 1. The maximum atomic E-state index is 12.6. The van der Waals surface area contributed by atoms with Crippen LogP contribution in [-0.4, -0.2) is 49.9 Å². The Bertz CT molecular complexity index is 591. The normalized spacial score (nSPS) is 23.1. The van der Waals surface area contributed by atoms with E-state index in [9.17, 15) is 18.4 Å². The largest absolute Gasteiger partial charge is 0.370 e. The molecule has 0 aliphatic carbocycles. The number of anilines is 1. The minimum absolute atomic E-state index is 0.182. The quantitative estimate of drug-likeness (QED) is 0.641. The summed E-state index contributed by atoms with van der Waals surface area (Å²) < 4.78 is 30.0. The van der Waals surface area contributed by atoms with Gasteiger partial charge in [0.05, 0.1) is 25.3 Å². The van der Waals surface area contributed by atoms with Gasteiger partial charge in [-0.15, -0.1) is 0 Å². The summed E-state index contributed by atoms with van der Waals surface area (Å²) in [5.41, 5.74) is 0.439. The highest BCUT2D eigenvalue weighted by Gasteiger charge is 2.46. The number of ether oxygens (including phenoxy) is 1. The number of carbonyl (C=O) groups excluding carboxylic acids is 2. The molecule has 2 amide bonds. The Morgan fingerprint density at radius 2 is 1.83 bits per heavy atom. The van der Waals surface area contributed by atoms with Gasteiger partial charge in [0.2, 0.25) is 5.91 Å². The van der Waals surface area contributed by atoms with E-state index in [1.807, 2.05) is 0 Å². The lowest BCUT2D eigenvalue weighted by Gasteiger charge is -2.27. The van der Waals surface area contributed by atoms with Gasteiger partial charge in [0, 0.05) is 4.90 Å². The third-order valence-electron chi connectivity index (χ3n) is 4.09. The summed E-state index contributed by atoms with van der Waals surface area (Å²) in [6.07, 6.45) is 0.182. The third-order valence-corrected chi connectivity index (χ3v) is 4.82. The van der Waals surface area contributed by atoms with Crippen LogP contribution >= 0.6 is 11.8 Å². The molecule has 1 N–H and O–H groups in total. The Balaban J connectivity index is 1.74. The van der Waals surface area contributed by atoms with Crippen molar-refractivity contribution in [3.05, 3.63) is 24.3 Å². The van der Waals surface area contributed by atoms with E-state index in [2.05, 4.69) is 0 Å². The molecular formula is C15H17F2N2O3S+. The maximum absolute atomic E-state index is 12.6. The van der Waals surface area contributed by atoms with E-state index in [-0.39, 0.29) is 24.3 Å². The number of alkyl halides is 2. The number of rotatable bonds is 4. The number of amides is 2. The molecule has 1 aromatic carbocycles. The van der Waals surface area contributed by atoms with Gasteiger partial charge in [-0.2, -0.15) is 8.78 Å². The van der Waals surface area contributed by atoms with Crippen LogP contribution in [0, 0.1) is 0 Å². The van der Waals surface area contributed by atoms with Gasteiger partial charge < -0.3 is 9.64 Å². The van der Waals surface area contributed by atoms with Crippen LogP contribution in [0.4, 0.5) is 14.5 Å². The molecule has 0 spiro atoms. The fourth-order valence-electron chi connectivity index (χ4n) is 2.98. The molecule has 1 atom stereocenters. The summed E-state index contributed by atoms with van der Waals surface area (Å²) in [6, 6.07) is 5.71. The van der Waals surface area contributed by atoms with Gasteiger partial charge in [0.15, 0.2) is 6.04 Å². The Hall–Kier alpha value is -1.51. The monoisotopic (exact) mass is 343 g/mol. The number of thioether (sulfide) groups is 1. The van der Waals surface area contributed by atoms with E-state index >= 15 is 0 Å². The predicted molar refractivity (Wildman–Crippen MR) is 80.7 cm³/mol. The molecule has 2 heterocycles. The molecule has 2 aliphatic rings. The van der Waals surface area contributed by atoms with Gasteiger partial charge in [0.1, 0.15) is 13.1 Å². The van der Waals surface area contributed by atoms with E-state index < -0.39 is 5.76 Å². The van der Waals surface area contributed by atoms with Crippen molar-refractivity contribution >= 4 is 29.3 Å². The summed E-state index contributed by atoms with van der Waals surface area (Å²) in [6.45, 7) is 2.60. The molecule has 23 heavy (non-hydrogen) atoms. The molecule has 2 aliphatic heterocycles. The number of hydrogen-bond donors (Lipinski definition) is 1. The minimum atomic E-state index is -2.50. The molecule has 5 nitrogen and oxygen atoms in total. The molecule has 3 rings (SSSR count). The molecule has 0 saturated carbocycles. The lowest BCUT2D eigenvalue weighted by molar-refractivity contribution is -0.922. The van der Waals surface area contributed by atoms with Crippen LogP contribution in [0.25, 0.3) is 0 Å². The number of nitrogens with zero attached hydrogens (tertiary/aromatic N) is 1. The number of carbonyl (C=O) groups is 2. The van der Waals surface area contributed by atoms with E-state index in [0.29, 0.717) is 48.6 Å². The molecule has 1 aromatic rings. The number of nitrogens with one attached hydrogen (secondary N) is 1. The van der Waals surface area contributed by atoms with Crippen LogP contribution in [0.2, 0.25) is 0 Å². The highest BCUT2D eigenvalue weighted by molar-refractivity contribution is 7.99. The maximum Gasteiger partial charge on any atom is 0.292 e. The molecule has 0 radical (unpaired) electrons. The van der Waals surface area contributed by atoms with Gasteiger partial charge in [-0.3, -0.25) is 9.59 Å². The van der Waals surface area contributed by atoms with E-state index in [4.69, 9.17) is 4.74 Å². The summed E-state index contributed by atoms with van der Waals surface area (Å²) in [4.78, 5) is 27.5. The lowest BCUT2D eigenvalue weighted by atomic mass is 10.2. The van der Waals surface area contributed by atoms with Crippen molar-refractivity contribution in [1.29, 1.82) is 0 Å². The van der Waals surface area contributed by atoms with Crippen LogP contribution in [0.15, 0.2) is 29.2 Å². The average Bonchev–Trinajstić information content (AvgIpc) is 2.83. The number of benzene rings is 1. The molecule has 8 heteroatoms. The Kier molecular flexibility index (Phi) is 4.93. The lowest BCUT2D eigenvalue weighted by Crippen LogP contribution is -3.18. The number of morpholine rings is 1. The average molecular weight is 343 g/mol. The second-order valence-electron chi connectivity index (χ2n) is 5.47. The first-order valence-corrected chi connectivity index (χ1v) is 8.28. The Morgan fingerprint density at radius 3 is 2.43 bits per heavy atom. The first-order valence-electron chi connectivity index (χ1n) is 7.40. The van der Waals surface area contributed by atoms with Crippen molar-refractivity contribution < 1.29 is 28.0 Å². The molecule has 0 bridgehead atoms. The summed E-state index contributed by atoms with van der Waals surface area (Å²) in [5, 5.41) is 0. The standard InChI is InChI=1S/C15H16F2N2O3S/c16-15(17)23-11-3-1-10(2-4-11)19-13(20)9-12(14(19)21)18-5-7-22-8-6-18/h1-4,12,15H,5-9H2/p+1/t12-/m1/s1. The van der Waals surface area contributed by atoms with Crippen LogP contribution in [-0.2, 0) is 14.3 Å². The van der Waals surface area contributed by atoms with Crippen LogP contribution in [0.3, 0.4) is 0 Å². The smallest absolute Gasteiger partial charge is 0.292 e. The van der Waals surface area contributed by atoms with Crippen molar-refractivity contribution in [1.82, 2.24) is 0 Å². The van der Waals surface area contributed by atoms with Gasteiger partial charge in [-0.05, 0) is 24.3 Å². The van der Waals surface area contributed by atoms with Gasteiger partial charge in [-0.25, -0.2) is 4.90 Å². The zero-order valence-electron chi connectivity index (χ0n) is 12.3. The van der Waals surface area contributed by atoms with E-state index in [1.54, 1.807) is 0 Å². The van der Waals surface area contributed by atoms with Crippen molar-refractivity contribution in [3.63, 3.8) is 0 Å². The minimum Gasteiger partial charge on any atom is -0.370 e. The fourth-order valence-corrected chi connectivity index (χ4v) is 3.48. The van der Waals surface area contributed by atoms with Crippen molar-refractivity contribution in [2.45, 2.75) is 23.1 Å². The van der Waals surface area contributed by atoms with Crippen LogP contribution in [0.1, 0.15) is 6.42 Å². The first-order chi connectivity index (χ1) is 11.1. The summed E-state index contributed by atoms with van der Waals surface area (Å²) >= 11 is 0.435. The van der Waals surface area contributed by atoms with Crippen molar-refractivity contribution in [3.8, 4) is 0 Å². The number of hydrogen-bond acceptors (Lipinski definition) is 4. The molecular weight excluding hydrogens is 326 g/mol. The SMILES string of the molecule is O=C1C[C@@H]([NH+]2CCOCC2)C(=O)N1c1ccc(SC(F)F)cc1. The number of quaternary nitrogens is 1. The molecule has 2 fully saturated rings. The third kappa shape index (κ3) is 3.54. The molecule has 0 unspecified atom stereocenters. The first kappa shape index (κ1) is 16.4. The number of halogens is 2. The van der Waals surface area contributed by atoms with Crippen molar-refractivity contribution in [2.24, 2.45) is 0 Å². The van der Waals surface area contributed by atoms with E-state index in [1.165, 1.54) is 29.2 Å². The highest BCUT2D eigenvalue weighted by atomic mass is 32.2. The highest BCUT2D eigenvalue weighted by Crippen LogP contribution is 2.29. The Labute approximate surface area is 136 Å². The summed E-state index contributed by atoms with van der Waals surface area (Å²) in [7, 11) is 0. The zero-order chi connectivity index (χ0) is 16.4. The summed E-state index contributed by atoms with van der Waals surface area (Å²) in [5.74, 6) is -2.96. The van der Waals surface area contributed by atoms with Gasteiger partial charge in [0.25, 0.3) is 11.7 Å². The van der Waals surface area contributed by atoms with Gasteiger partial charge in [-0.1, -0.05) is 11.8 Å². The van der Waals surface area contributed by atoms with Gasteiger partial charge >= 0.3 is 0 Å². The zero-order valence-corrected chi connectivity index (χ0v) is 13.2. The molecule has 0 aromatic heterocycles. The van der Waals surface area contributed by atoms with Crippen LogP contribution in [0.5, 0.6) is 0 Å². The second-order valence-corrected chi connectivity index (χ2v) is 6.53. The van der Waals surface area contributed by atoms with E-state index in [0.717, 1.165) is 4.90 Å². The Morgan fingerprint density at radius 1 is 1.17 bits per heavy atom. The molecule has 2 saturated heterocycles. The van der Waals surface area contributed by atoms with Crippen molar-refractivity contribution in [2.75, 3.05) is 31.2 Å². The predicted octanol–water partition coefficient (Wildman–Crippen LogP) is 0.548. The second kappa shape index (κ2) is 6.94. The fraction of sp³-hybridized carbons (Fsp3) is 0.467. The molecule has 124 valence electrons. The topological polar surface area (TPSA) is 51.1 Å².